The van der Waals surface area contributed by atoms with Crippen LogP contribution < -0.4 is 19.5 Å². The molecule has 0 radical (unpaired) electrons. The summed E-state index contributed by atoms with van der Waals surface area (Å²) in [6, 6.07) is 15.0. The number of ketones is 1. The normalized spacial score (nSPS) is 12.2. The number of anilines is 1. The summed E-state index contributed by atoms with van der Waals surface area (Å²) in [5, 5.41) is 2.69. The van der Waals surface area contributed by atoms with E-state index in [1.54, 1.807) is 36.4 Å². The van der Waals surface area contributed by atoms with Gasteiger partial charge in [0.1, 0.15) is 24.8 Å². The fourth-order valence-electron chi connectivity index (χ4n) is 3.10. The zero-order valence-electron chi connectivity index (χ0n) is 16.1. The van der Waals surface area contributed by atoms with E-state index in [4.69, 9.17) is 14.2 Å². The number of methoxy groups -OCH3 is 1. The summed E-state index contributed by atoms with van der Waals surface area (Å²) in [6.07, 6.45) is 0. The summed E-state index contributed by atoms with van der Waals surface area (Å²) in [4.78, 5) is 25.8. The first kappa shape index (κ1) is 19.4. The van der Waals surface area contributed by atoms with Crippen molar-refractivity contribution < 1.29 is 28.2 Å². The third kappa shape index (κ3) is 3.96. The molecule has 6 nitrogen and oxygen atoms in total. The van der Waals surface area contributed by atoms with Gasteiger partial charge in [-0.25, -0.2) is 4.39 Å². The number of carbonyl (C=O) groups excluding carboxylic acids is 2. The van der Waals surface area contributed by atoms with Gasteiger partial charge in [0.05, 0.1) is 18.4 Å². The first-order valence-electron chi connectivity index (χ1n) is 9.24. The molecule has 0 bridgehead atoms. The first-order chi connectivity index (χ1) is 14.5. The molecule has 0 unspecified atom stereocenters. The van der Waals surface area contributed by atoms with Crippen molar-refractivity contribution in [1.29, 1.82) is 0 Å². The van der Waals surface area contributed by atoms with Gasteiger partial charge in [-0.3, -0.25) is 9.59 Å². The van der Waals surface area contributed by atoms with E-state index in [-0.39, 0.29) is 22.6 Å². The average Bonchev–Trinajstić information content (AvgIpc) is 2.78. The zero-order chi connectivity index (χ0) is 21.1. The highest BCUT2D eigenvalue weighted by atomic mass is 19.1. The topological polar surface area (TPSA) is 73.9 Å². The third-order valence-corrected chi connectivity index (χ3v) is 4.61. The van der Waals surface area contributed by atoms with E-state index in [1.807, 2.05) is 0 Å². The standard InChI is InChI=1S/C23H18FNO5/c1-28-17-7-5-14(6-8-17)22(26)18-12-20-21(30-10-9-29-20)13-19(18)25-23(27)15-3-2-4-16(24)11-15/h2-8,11-13H,9-10H2,1H3,(H,25,27). The van der Waals surface area contributed by atoms with Crippen LogP contribution in [0.2, 0.25) is 0 Å². The number of ether oxygens (including phenoxy) is 3. The summed E-state index contributed by atoms with van der Waals surface area (Å²) < 4.78 is 29.8. The molecule has 152 valence electrons. The van der Waals surface area contributed by atoms with Gasteiger partial charge in [-0.1, -0.05) is 6.07 Å². The van der Waals surface area contributed by atoms with Crippen molar-refractivity contribution in [3.63, 3.8) is 0 Å². The molecule has 1 aliphatic heterocycles. The minimum atomic E-state index is -0.546. The van der Waals surface area contributed by atoms with Gasteiger partial charge in [0.25, 0.3) is 5.91 Å². The smallest absolute Gasteiger partial charge is 0.255 e. The van der Waals surface area contributed by atoms with Crippen LogP contribution in [0.25, 0.3) is 0 Å². The maximum Gasteiger partial charge on any atom is 0.255 e. The number of carbonyl (C=O) groups is 2. The Morgan fingerprint density at radius 1 is 0.933 bits per heavy atom. The number of nitrogens with one attached hydrogen (secondary N) is 1. The van der Waals surface area contributed by atoms with E-state index in [1.165, 1.54) is 25.3 Å². The second-order valence-corrected chi connectivity index (χ2v) is 6.56. The van der Waals surface area contributed by atoms with Crippen LogP contribution in [0.3, 0.4) is 0 Å². The number of hydrogen-bond donors (Lipinski definition) is 1. The molecule has 3 aromatic carbocycles. The Labute approximate surface area is 172 Å². The number of fused-ring (bicyclic) bond motifs is 1. The van der Waals surface area contributed by atoms with Gasteiger partial charge in [0.15, 0.2) is 17.3 Å². The van der Waals surface area contributed by atoms with Crippen LogP contribution in [-0.2, 0) is 0 Å². The number of amides is 1. The van der Waals surface area contributed by atoms with Gasteiger partial charge in [-0.05, 0) is 48.5 Å². The molecule has 0 aliphatic carbocycles. The second kappa shape index (κ2) is 8.24. The van der Waals surface area contributed by atoms with E-state index in [0.29, 0.717) is 36.0 Å². The number of benzene rings is 3. The van der Waals surface area contributed by atoms with Gasteiger partial charge < -0.3 is 19.5 Å². The van der Waals surface area contributed by atoms with Crippen molar-refractivity contribution in [3.05, 3.63) is 83.2 Å². The van der Waals surface area contributed by atoms with Crippen molar-refractivity contribution >= 4 is 17.4 Å². The van der Waals surface area contributed by atoms with E-state index < -0.39 is 11.7 Å². The number of rotatable bonds is 5. The molecule has 0 saturated carbocycles. The van der Waals surface area contributed by atoms with Crippen LogP contribution in [0.5, 0.6) is 17.2 Å². The minimum absolute atomic E-state index is 0.132. The summed E-state index contributed by atoms with van der Waals surface area (Å²) in [6.45, 7) is 0.716. The monoisotopic (exact) mass is 407 g/mol. The van der Waals surface area contributed by atoms with E-state index >= 15 is 0 Å². The van der Waals surface area contributed by atoms with Gasteiger partial charge in [-0.15, -0.1) is 0 Å². The highest BCUT2D eigenvalue weighted by Gasteiger charge is 2.22. The summed E-state index contributed by atoms with van der Waals surface area (Å²) >= 11 is 0. The Morgan fingerprint density at radius 2 is 1.63 bits per heavy atom. The highest BCUT2D eigenvalue weighted by molar-refractivity contribution is 6.15. The van der Waals surface area contributed by atoms with Crippen LogP contribution >= 0.6 is 0 Å². The maximum absolute atomic E-state index is 13.5. The maximum atomic E-state index is 13.5. The van der Waals surface area contributed by atoms with Gasteiger partial charge in [-0.2, -0.15) is 0 Å². The van der Waals surface area contributed by atoms with Crippen molar-refractivity contribution in [1.82, 2.24) is 0 Å². The molecule has 7 heteroatoms. The molecule has 4 rings (SSSR count). The van der Waals surface area contributed by atoms with Crippen LogP contribution in [0.1, 0.15) is 26.3 Å². The van der Waals surface area contributed by atoms with Crippen LogP contribution in [-0.4, -0.2) is 32.0 Å². The number of hydrogen-bond acceptors (Lipinski definition) is 5. The lowest BCUT2D eigenvalue weighted by Crippen LogP contribution is -2.19. The van der Waals surface area contributed by atoms with Crippen LogP contribution in [0, 0.1) is 5.82 Å². The molecule has 0 saturated heterocycles. The molecule has 1 aliphatic rings. The fourth-order valence-corrected chi connectivity index (χ4v) is 3.10. The summed E-state index contributed by atoms with van der Waals surface area (Å²) in [5.74, 6) is 0.0655. The van der Waals surface area contributed by atoms with Gasteiger partial charge in [0, 0.05) is 17.2 Å². The quantitative estimate of drug-likeness (QED) is 0.645. The lowest BCUT2D eigenvalue weighted by Gasteiger charge is -2.21. The van der Waals surface area contributed by atoms with E-state index in [2.05, 4.69) is 5.32 Å². The molecule has 3 aromatic rings. The van der Waals surface area contributed by atoms with E-state index in [0.717, 1.165) is 6.07 Å². The SMILES string of the molecule is COc1ccc(C(=O)c2cc3c(cc2NC(=O)c2cccc(F)c2)OCCO3)cc1. The lowest BCUT2D eigenvalue weighted by atomic mass is 10.00. The second-order valence-electron chi connectivity index (χ2n) is 6.56. The van der Waals surface area contributed by atoms with Crippen LogP contribution in [0.4, 0.5) is 10.1 Å². The van der Waals surface area contributed by atoms with Crippen molar-refractivity contribution in [2.24, 2.45) is 0 Å². The Bertz CT molecular complexity index is 1110. The predicted octanol–water partition coefficient (Wildman–Crippen LogP) is 4.09. The zero-order valence-corrected chi connectivity index (χ0v) is 16.1. The Hall–Kier alpha value is -3.87. The largest absolute Gasteiger partial charge is 0.497 e. The summed E-state index contributed by atoms with van der Waals surface area (Å²) in [7, 11) is 1.54. The molecule has 1 amide bonds. The third-order valence-electron chi connectivity index (χ3n) is 4.61. The molecule has 1 N–H and O–H groups in total. The molecule has 0 aromatic heterocycles. The molecule has 0 fully saturated rings. The average molecular weight is 407 g/mol. The molecule has 0 atom stereocenters. The summed E-state index contributed by atoms with van der Waals surface area (Å²) in [5.41, 5.74) is 1.02. The molecule has 0 spiro atoms. The predicted molar refractivity (Wildman–Crippen MR) is 108 cm³/mol. The Morgan fingerprint density at radius 3 is 2.30 bits per heavy atom. The number of halogens is 1. The molecular formula is C23H18FNO5. The molecule has 1 heterocycles. The van der Waals surface area contributed by atoms with Crippen molar-refractivity contribution in [2.45, 2.75) is 0 Å². The first-order valence-corrected chi connectivity index (χ1v) is 9.24. The Kier molecular flexibility index (Phi) is 5.34. The van der Waals surface area contributed by atoms with Crippen molar-refractivity contribution in [3.8, 4) is 17.2 Å². The Balaban J connectivity index is 1.72. The van der Waals surface area contributed by atoms with Gasteiger partial charge in [0.2, 0.25) is 0 Å². The van der Waals surface area contributed by atoms with Crippen molar-refractivity contribution in [2.75, 3.05) is 25.6 Å². The fraction of sp³-hybridized carbons (Fsp3) is 0.130. The lowest BCUT2D eigenvalue weighted by molar-refractivity contribution is 0.102. The van der Waals surface area contributed by atoms with Gasteiger partial charge >= 0.3 is 0 Å². The highest BCUT2D eigenvalue weighted by Crippen LogP contribution is 2.37. The van der Waals surface area contributed by atoms with Crippen LogP contribution in [0.15, 0.2) is 60.7 Å². The molecular weight excluding hydrogens is 389 g/mol. The molecule has 30 heavy (non-hydrogen) atoms. The minimum Gasteiger partial charge on any atom is -0.497 e. The van der Waals surface area contributed by atoms with E-state index in [9.17, 15) is 14.0 Å².